The van der Waals surface area contributed by atoms with Crippen LogP contribution < -0.4 is 20.7 Å². The number of methoxy groups -OCH3 is 1. The van der Waals surface area contributed by atoms with E-state index in [1.807, 2.05) is 58.2 Å². The fourth-order valence-electron chi connectivity index (χ4n) is 2.46. The van der Waals surface area contributed by atoms with Gasteiger partial charge in [-0.25, -0.2) is 4.79 Å². The molecule has 0 bridgehead atoms. The summed E-state index contributed by atoms with van der Waals surface area (Å²) in [5, 5.41) is 25.9. The van der Waals surface area contributed by atoms with Gasteiger partial charge in [0.25, 0.3) is 6.47 Å². The van der Waals surface area contributed by atoms with Crippen molar-refractivity contribution in [1.82, 2.24) is 5.32 Å². The minimum Gasteiger partial charge on any atom is -0.495 e. The smallest absolute Gasteiger partial charge is 0.323 e. The molecule has 1 atom stereocenters. The Morgan fingerprint density at radius 1 is 1.18 bits per heavy atom. The maximum absolute atomic E-state index is 12.1. The van der Waals surface area contributed by atoms with Gasteiger partial charge in [-0.2, -0.15) is 5.26 Å². The van der Waals surface area contributed by atoms with Crippen LogP contribution in [0.25, 0.3) is 0 Å². The summed E-state index contributed by atoms with van der Waals surface area (Å²) in [6.45, 7) is 6.83. The van der Waals surface area contributed by atoms with E-state index < -0.39 is 0 Å². The fourth-order valence-corrected chi connectivity index (χ4v) is 2.46. The Morgan fingerprint density at radius 3 is 2.33 bits per heavy atom. The van der Waals surface area contributed by atoms with Crippen LogP contribution in [0.3, 0.4) is 0 Å². The second-order valence-corrected chi connectivity index (χ2v) is 6.28. The van der Waals surface area contributed by atoms with Gasteiger partial charge in [0, 0.05) is 24.0 Å². The second kappa shape index (κ2) is 18.0. The van der Waals surface area contributed by atoms with Gasteiger partial charge in [-0.3, -0.25) is 4.79 Å². The average Bonchev–Trinajstić information content (AvgIpc) is 2.84. The quantitative estimate of drug-likeness (QED) is 0.419. The standard InChI is InChI=1S/C17H18N4O2.C5H10O3.C2H6/c1-19-11-12-4-3-5-14(8-12)20-17(22)21-15-7-6-13(10-18)16(9-15)23-2;1-2-5(3-6)8-4-7;1-2/h3-9,19H,11H2,1-2H3,(H2,20,21,22);4-6H,2-3H2,1H3;1-2H3/t;5-;/m.0./s1. The molecule has 9 heteroatoms. The van der Waals surface area contributed by atoms with Crippen molar-refractivity contribution < 1.29 is 24.2 Å². The number of nitrogens with one attached hydrogen (secondary N) is 3. The van der Waals surface area contributed by atoms with Crippen LogP contribution in [-0.2, 0) is 16.1 Å². The van der Waals surface area contributed by atoms with Crippen molar-refractivity contribution in [1.29, 1.82) is 5.26 Å². The number of nitrogens with zero attached hydrogens (tertiary/aromatic N) is 1. The molecular weight excluding hydrogens is 424 g/mol. The molecule has 0 heterocycles. The summed E-state index contributed by atoms with van der Waals surface area (Å²) >= 11 is 0. The van der Waals surface area contributed by atoms with Gasteiger partial charge in [0.2, 0.25) is 0 Å². The lowest BCUT2D eigenvalue weighted by Gasteiger charge is -2.10. The third-order valence-electron chi connectivity index (χ3n) is 4.05. The number of ether oxygens (including phenoxy) is 2. The number of benzene rings is 2. The van der Waals surface area contributed by atoms with Gasteiger partial charge in [0.05, 0.1) is 19.3 Å². The van der Waals surface area contributed by atoms with Gasteiger partial charge < -0.3 is 30.5 Å². The van der Waals surface area contributed by atoms with Crippen LogP contribution in [0.4, 0.5) is 16.2 Å². The molecule has 0 aliphatic heterocycles. The lowest BCUT2D eigenvalue weighted by atomic mass is 10.2. The maximum atomic E-state index is 12.1. The molecule has 0 aliphatic carbocycles. The molecule has 4 N–H and O–H groups in total. The molecule has 2 amide bonds. The number of anilines is 2. The molecule has 2 aromatic rings. The van der Waals surface area contributed by atoms with Crippen molar-refractivity contribution in [2.24, 2.45) is 0 Å². The third kappa shape index (κ3) is 11.5. The van der Waals surface area contributed by atoms with Gasteiger partial charge in [-0.15, -0.1) is 0 Å². The highest BCUT2D eigenvalue weighted by molar-refractivity contribution is 5.99. The number of hydrogen-bond donors (Lipinski definition) is 4. The van der Waals surface area contributed by atoms with E-state index in [2.05, 4.69) is 20.7 Å². The van der Waals surface area contributed by atoms with Crippen LogP contribution in [0.5, 0.6) is 5.75 Å². The van der Waals surface area contributed by atoms with Crippen LogP contribution in [-0.4, -0.2) is 44.5 Å². The van der Waals surface area contributed by atoms with Crippen molar-refractivity contribution >= 4 is 23.9 Å². The Balaban J connectivity index is 0.000000868. The summed E-state index contributed by atoms with van der Waals surface area (Å²) in [6.07, 6.45) is 0.349. The van der Waals surface area contributed by atoms with E-state index in [0.29, 0.717) is 35.6 Å². The molecule has 0 saturated carbocycles. The average molecular weight is 459 g/mol. The Bertz CT molecular complexity index is 879. The normalized spacial score (nSPS) is 10.1. The summed E-state index contributed by atoms with van der Waals surface area (Å²) in [6, 6.07) is 14.1. The van der Waals surface area contributed by atoms with Crippen LogP contribution in [0.15, 0.2) is 42.5 Å². The number of rotatable bonds is 9. The number of aliphatic hydroxyl groups excluding tert-OH is 1. The van der Waals surface area contributed by atoms with Crippen LogP contribution in [0, 0.1) is 11.3 Å². The number of carbonyl (C=O) groups is 2. The third-order valence-corrected chi connectivity index (χ3v) is 4.05. The van der Waals surface area contributed by atoms with Crippen LogP contribution in [0.1, 0.15) is 38.3 Å². The summed E-state index contributed by atoms with van der Waals surface area (Å²) in [7, 11) is 3.35. The maximum Gasteiger partial charge on any atom is 0.323 e. The summed E-state index contributed by atoms with van der Waals surface area (Å²) in [5.74, 6) is 0.418. The molecule has 33 heavy (non-hydrogen) atoms. The zero-order valence-electron chi connectivity index (χ0n) is 19.8. The van der Waals surface area contributed by atoms with Crippen LogP contribution in [0.2, 0.25) is 0 Å². The molecule has 9 nitrogen and oxygen atoms in total. The molecule has 0 aromatic heterocycles. The molecule has 2 aromatic carbocycles. The summed E-state index contributed by atoms with van der Waals surface area (Å²) in [5.41, 5.74) is 2.74. The molecule has 0 fully saturated rings. The topological polar surface area (TPSA) is 133 Å². The van der Waals surface area contributed by atoms with E-state index in [1.54, 1.807) is 18.2 Å². The summed E-state index contributed by atoms with van der Waals surface area (Å²) < 4.78 is 9.53. The highest BCUT2D eigenvalue weighted by Crippen LogP contribution is 2.22. The zero-order chi connectivity index (χ0) is 25.1. The van der Waals surface area contributed by atoms with E-state index >= 15 is 0 Å². The number of nitriles is 1. The van der Waals surface area contributed by atoms with E-state index in [1.165, 1.54) is 7.11 Å². The van der Waals surface area contributed by atoms with Gasteiger partial charge >= 0.3 is 6.03 Å². The first-order valence-electron chi connectivity index (χ1n) is 10.6. The Morgan fingerprint density at radius 2 is 1.85 bits per heavy atom. The molecular formula is C24H34N4O5. The fraction of sp³-hybridized carbons (Fsp3) is 0.375. The first-order chi connectivity index (χ1) is 16.0. The Hall–Kier alpha value is -3.61. The number of carbonyl (C=O) groups excluding carboxylic acids is 2. The van der Waals surface area contributed by atoms with Crippen LogP contribution >= 0.6 is 0 Å². The van der Waals surface area contributed by atoms with Crippen molar-refractivity contribution in [2.75, 3.05) is 31.4 Å². The predicted octanol–water partition coefficient (Wildman–Crippen LogP) is 3.89. The number of aliphatic hydroxyl groups is 1. The van der Waals surface area contributed by atoms with Gasteiger partial charge in [0.1, 0.15) is 17.9 Å². The predicted molar refractivity (Wildman–Crippen MR) is 129 cm³/mol. The number of amides is 2. The Labute approximate surface area is 195 Å². The first kappa shape index (κ1) is 29.4. The van der Waals surface area contributed by atoms with Crippen molar-refractivity contribution in [3.63, 3.8) is 0 Å². The van der Waals surface area contributed by atoms with Crippen molar-refractivity contribution in [2.45, 2.75) is 39.8 Å². The number of hydrogen-bond acceptors (Lipinski definition) is 7. The minimum atomic E-state index is -0.363. The van der Waals surface area contributed by atoms with E-state index in [4.69, 9.17) is 15.1 Å². The molecule has 0 spiro atoms. The Kier molecular flexibility index (Phi) is 16.0. The first-order valence-corrected chi connectivity index (χ1v) is 10.6. The monoisotopic (exact) mass is 458 g/mol. The summed E-state index contributed by atoms with van der Waals surface area (Å²) in [4.78, 5) is 21.7. The van der Waals surface area contributed by atoms with Gasteiger partial charge in [-0.05, 0) is 43.3 Å². The van der Waals surface area contributed by atoms with E-state index in [-0.39, 0.29) is 18.7 Å². The SMILES string of the molecule is CC.CC[C@@H](CO)OC=O.CNCc1cccc(NC(=O)Nc2ccc(C#N)c(OC)c2)c1. The highest BCUT2D eigenvalue weighted by Gasteiger charge is 2.07. The molecule has 0 aliphatic rings. The minimum absolute atomic E-state index is 0.0881. The molecule has 0 unspecified atom stereocenters. The molecule has 0 saturated heterocycles. The molecule has 180 valence electrons. The van der Waals surface area contributed by atoms with E-state index in [9.17, 15) is 9.59 Å². The van der Waals surface area contributed by atoms with Crippen molar-refractivity contribution in [3.8, 4) is 11.8 Å². The lowest BCUT2D eigenvalue weighted by molar-refractivity contribution is -0.135. The second-order valence-electron chi connectivity index (χ2n) is 6.28. The molecule has 0 radical (unpaired) electrons. The van der Waals surface area contributed by atoms with E-state index in [0.717, 1.165) is 12.1 Å². The van der Waals surface area contributed by atoms with Gasteiger partial charge in [0.15, 0.2) is 0 Å². The number of urea groups is 1. The largest absolute Gasteiger partial charge is 0.495 e. The molecule has 2 rings (SSSR count). The van der Waals surface area contributed by atoms with Crippen molar-refractivity contribution in [3.05, 3.63) is 53.6 Å². The lowest BCUT2D eigenvalue weighted by Crippen LogP contribution is -2.19. The van der Waals surface area contributed by atoms with Gasteiger partial charge in [-0.1, -0.05) is 32.9 Å². The zero-order valence-corrected chi connectivity index (χ0v) is 19.8. The highest BCUT2D eigenvalue weighted by atomic mass is 16.5.